The second kappa shape index (κ2) is 9.12. The minimum absolute atomic E-state index is 0.0411. The van der Waals surface area contributed by atoms with Gasteiger partial charge >= 0.3 is 5.97 Å². The summed E-state index contributed by atoms with van der Waals surface area (Å²) in [6.45, 7) is 0. The van der Waals surface area contributed by atoms with E-state index in [9.17, 15) is 9.59 Å². The molecule has 134 valence electrons. The quantitative estimate of drug-likeness (QED) is 0.731. The van der Waals surface area contributed by atoms with Gasteiger partial charge in [-0.15, -0.1) is 10.2 Å². The van der Waals surface area contributed by atoms with Gasteiger partial charge in [-0.05, 0) is 12.1 Å². The number of rotatable bonds is 3. The summed E-state index contributed by atoms with van der Waals surface area (Å²) in [6, 6.07) is 18.7. The number of nitrogens with zero attached hydrogens (tertiary/aromatic N) is 3. The van der Waals surface area contributed by atoms with Crippen molar-refractivity contribution < 1.29 is 14.3 Å². The Labute approximate surface area is 151 Å². The third kappa shape index (κ3) is 4.54. The van der Waals surface area contributed by atoms with Crippen LogP contribution < -0.4 is 5.32 Å². The van der Waals surface area contributed by atoms with Gasteiger partial charge in [-0.2, -0.15) is 0 Å². The highest BCUT2D eigenvalue weighted by Gasteiger charge is 2.17. The molecule has 2 aromatic carbocycles. The lowest BCUT2D eigenvalue weighted by Gasteiger charge is -2.02. The van der Waals surface area contributed by atoms with E-state index in [1.165, 1.54) is 7.11 Å². The average molecular weight is 352 g/mol. The molecule has 0 aliphatic heterocycles. The first-order valence-corrected chi connectivity index (χ1v) is 7.88. The highest BCUT2D eigenvalue weighted by atomic mass is 16.5. The molecular formula is C19H20N4O3. The number of nitrogens with one attached hydrogen (secondary N) is 1. The molecule has 0 aliphatic carbocycles. The first-order valence-electron chi connectivity index (χ1n) is 7.88. The van der Waals surface area contributed by atoms with Crippen molar-refractivity contribution in [2.24, 2.45) is 7.05 Å². The van der Waals surface area contributed by atoms with Crippen LogP contribution in [0.1, 0.15) is 21.0 Å². The Morgan fingerprint density at radius 3 is 2.08 bits per heavy atom. The first kappa shape index (κ1) is 18.9. The molecule has 0 saturated heterocycles. The third-order valence-electron chi connectivity index (χ3n) is 3.54. The summed E-state index contributed by atoms with van der Waals surface area (Å²) in [5, 5.41) is 10.3. The molecule has 7 nitrogen and oxygen atoms in total. The lowest BCUT2D eigenvalue weighted by atomic mass is 10.2. The minimum Gasteiger partial charge on any atom is -0.463 e. The molecule has 3 aromatic rings. The molecule has 26 heavy (non-hydrogen) atoms. The van der Waals surface area contributed by atoms with E-state index in [-0.39, 0.29) is 11.7 Å². The number of hydrogen-bond acceptors (Lipinski definition) is 5. The van der Waals surface area contributed by atoms with Crippen molar-refractivity contribution in [3.05, 3.63) is 72.1 Å². The molecular weight excluding hydrogens is 332 g/mol. The van der Waals surface area contributed by atoms with Crippen molar-refractivity contribution in [2.45, 2.75) is 0 Å². The fourth-order valence-corrected chi connectivity index (χ4v) is 2.17. The van der Waals surface area contributed by atoms with Gasteiger partial charge in [-0.1, -0.05) is 48.5 Å². The number of carbonyl (C=O) groups is 2. The van der Waals surface area contributed by atoms with Gasteiger partial charge in [-0.3, -0.25) is 4.79 Å². The zero-order valence-electron chi connectivity index (χ0n) is 14.8. The van der Waals surface area contributed by atoms with Gasteiger partial charge < -0.3 is 14.6 Å². The van der Waals surface area contributed by atoms with Gasteiger partial charge in [0.05, 0.1) is 7.11 Å². The predicted octanol–water partition coefficient (Wildman–Crippen LogP) is 2.31. The van der Waals surface area contributed by atoms with Gasteiger partial charge in [0.1, 0.15) is 0 Å². The second-order valence-corrected chi connectivity index (χ2v) is 5.21. The van der Waals surface area contributed by atoms with Crippen LogP contribution >= 0.6 is 0 Å². The molecule has 0 saturated carbocycles. The lowest BCUT2D eigenvalue weighted by Crippen LogP contribution is -2.17. The molecule has 3 rings (SSSR count). The normalized spacial score (nSPS) is 9.65. The lowest BCUT2D eigenvalue weighted by molar-refractivity contribution is 0.0582. The second-order valence-electron chi connectivity index (χ2n) is 5.21. The summed E-state index contributed by atoms with van der Waals surface area (Å²) in [6.07, 6.45) is 0. The van der Waals surface area contributed by atoms with Crippen LogP contribution in [0.3, 0.4) is 0 Å². The van der Waals surface area contributed by atoms with E-state index in [4.69, 9.17) is 0 Å². The third-order valence-corrected chi connectivity index (χ3v) is 3.54. The van der Waals surface area contributed by atoms with Crippen molar-refractivity contribution in [2.75, 3.05) is 14.2 Å². The Kier molecular flexibility index (Phi) is 6.61. The van der Waals surface area contributed by atoms with Crippen molar-refractivity contribution in [3.8, 4) is 11.4 Å². The van der Waals surface area contributed by atoms with Gasteiger partial charge in [0.15, 0.2) is 5.82 Å². The van der Waals surface area contributed by atoms with Crippen LogP contribution in [0.2, 0.25) is 0 Å². The van der Waals surface area contributed by atoms with E-state index in [0.717, 1.165) is 5.56 Å². The van der Waals surface area contributed by atoms with Crippen LogP contribution in [-0.2, 0) is 11.8 Å². The molecule has 0 radical (unpaired) electrons. The smallest absolute Gasteiger partial charge is 0.376 e. The molecule has 1 N–H and O–H groups in total. The number of carbonyl (C=O) groups excluding carboxylic acids is 2. The Hall–Kier alpha value is -3.48. The van der Waals surface area contributed by atoms with Crippen molar-refractivity contribution in [3.63, 3.8) is 0 Å². The first-order chi connectivity index (χ1) is 12.6. The highest BCUT2D eigenvalue weighted by molar-refractivity contribution is 5.93. The molecule has 0 bridgehead atoms. The zero-order chi connectivity index (χ0) is 18.9. The Balaban J connectivity index is 0.000000209. The van der Waals surface area contributed by atoms with Gasteiger partial charge in [0, 0.05) is 25.2 Å². The summed E-state index contributed by atoms with van der Waals surface area (Å²) in [5.41, 5.74) is 1.61. The number of benzene rings is 2. The Morgan fingerprint density at radius 2 is 1.54 bits per heavy atom. The largest absolute Gasteiger partial charge is 0.463 e. The monoisotopic (exact) mass is 352 g/mol. The van der Waals surface area contributed by atoms with Gasteiger partial charge in [-0.25, -0.2) is 4.79 Å². The zero-order valence-corrected chi connectivity index (χ0v) is 14.8. The van der Waals surface area contributed by atoms with Crippen LogP contribution in [0.5, 0.6) is 0 Å². The molecule has 7 heteroatoms. The van der Waals surface area contributed by atoms with E-state index >= 15 is 0 Å². The van der Waals surface area contributed by atoms with Crippen LogP contribution in [0, 0.1) is 0 Å². The maximum Gasteiger partial charge on any atom is 0.376 e. The summed E-state index contributed by atoms with van der Waals surface area (Å²) >= 11 is 0. The van der Waals surface area contributed by atoms with E-state index < -0.39 is 5.97 Å². The number of hydrogen-bond donors (Lipinski definition) is 1. The van der Waals surface area contributed by atoms with E-state index in [2.05, 4.69) is 20.3 Å². The summed E-state index contributed by atoms with van der Waals surface area (Å²) < 4.78 is 6.22. The molecule has 0 aliphatic rings. The van der Waals surface area contributed by atoms with Crippen molar-refractivity contribution in [1.82, 2.24) is 20.1 Å². The fraction of sp³-hybridized carbons (Fsp3) is 0.158. The topological polar surface area (TPSA) is 86.1 Å². The van der Waals surface area contributed by atoms with Gasteiger partial charge in [0.2, 0.25) is 5.82 Å². The summed E-state index contributed by atoms with van der Waals surface area (Å²) in [5.74, 6) is 0.306. The fourth-order valence-electron chi connectivity index (χ4n) is 2.17. The minimum atomic E-state index is -0.489. The maximum absolute atomic E-state index is 11.3. The average Bonchev–Trinajstić information content (AvgIpc) is 3.10. The molecule has 1 aromatic heterocycles. The molecule has 1 amide bonds. The van der Waals surface area contributed by atoms with E-state index in [1.807, 2.05) is 48.5 Å². The van der Waals surface area contributed by atoms with Crippen LogP contribution in [0.25, 0.3) is 11.4 Å². The molecule has 0 unspecified atom stereocenters. The summed E-state index contributed by atoms with van der Waals surface area (Å²) in [7, 11) is 4.67. The van der Waals surface area contributed by atoms with Crippen LogP contribution in [0.15, 0.2) is 60.7 Å². The Morgan fingerprint density at radius 1 is 0.962 bits per heavy atom. The summed E-state index contributed by atoms with van der Waals surface area (Å²) in [4.78, 5) is 22.2. The molecule has 0 spiro atoms. The number of methoxy groups -OCH3 is 1. The standard InChI is InChI=1S/C11H11N3O2.C8H9NO/c1-14-9(8-6-4-3-5-7-8)12-13-10(14)11(15)16-2;1-9-8(10)7-5-3-2-4-6-7/h3-7H,1-2H3;2-6H,1H3,(H,9,10). The number of esters is 1. The highest BCUT2D eigenvalue weighted by Crippen LogP contribution is 2.16. The number of ether oxygens (including phenoxy) is 1. The van der Waals surface area contributed by atoms with Crippen molar-refractivity contribution in [1.29, 1.82) is 0 Å². The maximum atomic E-state index is 11.3. The van der Waals surface area contributed by atoms with E-state index in [0.29, 0.717) is 11.4 Å². The van der Waals surface area contributed by atoms with Crippen molar-refractivity contribution >= 4 is 11.9 Å². The molecule has 0 fully saturated rings. The van der Waals surface area contributed by atoms with Gasteiger partial charge in [0.25, 0.3) is 5.91 Å². The molecule has 0 atom stereocenters. The van der Waals surface area contributed by atoms with Crippen LogP contribution in [0.4, 0.5) is 0 Å². The SMILES string of the molecule is CNC(=O)c1ccccc1.COC(=O)c1nnc(-c2ccccc2)n1C. The van der Waals surface area contributed by atoms with E-state index in [1.54, 1.807) is 30.8 Å². The Bertz CT molecular complexity index is 861. The van der Waals surface area contributed by atoms with Crippen LogP contribution in [-0.4, -0.2) is 40.8 Å². The number of aromatic nitrogens is 3. The number of amides is 1. The predicted molar refractivity (Wildman–Crippen MR) is 97.6 cm³/mol. The molecule has 1 heterocycles.